The van der Waals surface area contributed by atoms with Crippen molar-refractivity contribution in [3.63, 3.8) is 0 Å². The molecule has 0 atom stereocenters. The molecule has 1 aliphatic heterocycles. The standard InChI is InChI=1S/C20H18N2O5S/c1-22-18(23)17(11-13-10-15(26-2)7-8-16(13)27-3)28-20(22)21-14-6-4-5-12(9-14)19(24)25/h4-11H,1-3H3,(H,24,25)/p-1/b17-11-,21-20?. The summed E-state index contributed by atoms with van der Waals surface area (Å²) in [5.41, 5.74) is 1.14. The van der Waals surface area contributed by atoms with Crippen molar-refractivity contribution in [3.8, 4) is 11.5 Å². The highest BCUT2D eigenvalue weighted by Gasteiger charge is 2.30. The van der Waals surface area contributed by atoms with Gasteiger partial charge in [-0.3, -0.25) is 9.69 Å². The van der Waals surface area contributed by atoms with Gasteiger partial charge in [0.25, 0.3) is 5.91 Å². The van der Waals surface area contributed by atoms with Crippen molar-refractivity contribution in [2.45, 2.75) is 0 Å². The Kier molecular flexibility index (Phi) is 5.70. The van der Waals surface area contributed by atoms with Crippen LogP contribution in [-0.2, 0) is 4.79 Å². The Hall–Kier alpha value is -3.26. The summed E-state index contributed by atoms with van der Waals surface area (Å²) in [5.74, 6) is -0.248. The lowest BCUT2D eigenvalue weighted by atomic mass is 10.1. The third-order valence-corrected chi connectivity index (χ3v) is 5.09. The number of aromatic carboxylic acids is 1. The number of likely N-dealkylation sites (N-methyl/N-ethyl adjacent to an activating group) is 1. The molecule has 0 aliphatic carbocycles. The molecule has 7 nitrogen and oxygen atoms in total. The molecule has 0 aromatic heterocycles. The number of methoxy groups -OCH3 is 2. The predicted molar refractivity (Wildman–Crippen MR) is 106 cm³/mol. The number of carbonyl (C=O) groups excluding carboxylic acids is 2. The van der Waals surface area contributed by atoms with Gasteiger partial charge in [-0.05, 0) is 53.7 Å². The molecule has 0 bridgehead atoms. The van der Waals surface area contributed by atoms with Gasteiger partial charge in [0.1, 0.15) is 11.5 Å². The minimum Gasteiger partial charge on any atom is -0.545 e. The van der Waals surface area contributed by atoms with Crippen molar-refractivity contribution in [2.75, 3.05) is 21.3 Å². The molecule has 8 heteroatoms. The van der Waals surface area contributed by atoms with Crippen LogP contribution in [0.25, 0.3) is 6.08 Å². The molecule has 0 spiro atoms. The Morgan fingerprint density at radius 2 is 1.96 bits per heavy atom. The zero-order valence-corrected chi connectivity index (χ0v) is 16.3. The average molecular weight is 397 g/mol. The largest absolute Gasteiger partial charge is 0.545 e. The van der Waals surface area contributed by atoms with Gasteiger partial charge in [-0.2, -0.15) is 0 Å². The Morgan fingerprint density at radius 3 is 2.64 bits per heavy atom. The van der Waals surface area contributed by atoms with Gasteiger partial charge in [-0.25, -0.2) is 4.99 Å². The van der Waals surface area contributed by atoms with Crippen molar-refractivity contribution in [1.82, 2.24) is 4.90 Å². The Morgan fingerprint density at radius 1 is 1.18 bits per heavy atom. The van der Waals surface area contributed by atoms with Crippen LogP contribution in [0.2, 0.25) is 0 Å². The Labute approximate surface area is 166 Å². The Bertz CT molecular complexity index is 1000. The van der Waals surface area contributed by atoms with Crippen LogP contribution in [0.4, 0.5) is 5.69 Å². The molecule has 2 aromatic rings. The highest BCUT2D eigenvalue weighted by atomic mass is 32.2. The number of nitrogens with zero attached hydrogens (tertiary/aromatic N) is 2. The summed E-state index contributed by atoms with van der Waals surface area (Å²) in [5, 5.41) is 11.5. The van der Waals surface area contributed by atoms with E-state index in [1.165, 1.54) is 28.8 Å². The molecule has 0 radical (unpaired) electrons. The lowest BCUT2D eigenvalue weighted by Gasteiger charge is -2.08. The summed E-state index contributed by atoms with van der Waals surface area (Å²) >= 11 is 1.19. The molecule has 1 fully saturated rings. The van der Waals surface area contributed by atoms with E-state index >= 15 is 0 Å². The number of carboxylic acid groups (broad SMARTS) is 1. The quantitative estimate of drug-likeness (QED) is 0.719. The SMILES string of the molecule is COc1ccc(OC)c(/C=C2\SC(=Nc3cccc(C(=O)[O-])c3)N(C)C2=O)c1. The van der Waals surface area contributed by atoms with E-state index in [0.29, 0.717) is 32.8 Å². The van der Waals surface area contributed by atoms with Crippen LogP contribution in [0.1, 0.15) is 15.9 Å². The zero-order valence-electron chi connectivity index (χ0n) is 15.5. The third kappa shape index (κ3) is 4.01. The van der Waals surface area contributed by atoms with E-state index in [4.69, 9.17) is 9.47 Å². The number of aliphatic imine (C=N–C) groups is 1. The van der Waals surface area contributed by atoms with Crippen molar-refractivity contribution < 1.29 is 24.2 Å². The number of hydrogen-bond acceptors (Lipinski definition) is 7. The van der Waals surface area contributed by atoms with Crippen molar-refractivity contribution >= 4 is 40.6 Å². The van der Waals surface area contributed by atoms with Gasteiger partial charge in [-0.15, -0.1) is 0 Å². The first kappa shape index (κ1) is 19.5. The number of carboxylic acids is 1. The minimum atomic E-state index is -1.28. The van der Waals surface area contributed by atoms with Crippen molar-refractivity contribution in [3.05, 3.63) is 58.5 Å². The van der Waals surface area contributed by atoms with E-state index in [1.807, 2.05) is 0 Å². The zero-order chi connectivity index (χ0) is 20.3. The first-order chi connectivity index (χ1) is 13.4. The molecule has 1 amide bonds. The van der Waals surface area contributed by atoms with Gasteiger partial charge >= 0.3 is 0 Å². The molecule has 144 valence electrons. The van der Waals surface area contributed by atoms with Crippen LogP contribution in [0.3, 0.4) is 0 Å². The van der Waals surface area contributed by atoms with Gasteiger partial charge < -0.3 is 19.4 Å². The van der Waals surface area contributed by atoms with Crippen LogP contribution in [0.5, 0.6) is 11.5 Å². The van der Waals surface area contributed by atoms with Gasteiger partial charge in [0.15, 0.2) is 5.17 Å². The maximum absolute atomic E-state index is 12.6. The fourth-order valence-electron chi connectivity index (χ4n) is 2.56. The number of amides is 1. The Balaban J connectivity index is 1.95. The number of ether oxygens (including phenoxy) is 2. The number of rotatable bonds is 5. The highest BCUT2D eigenvalue weighted by molar-refractivity contribution is 8.18. The van der Waals surface area contributed by atoms with Crippen molar-refractivity contribution in [2.24, 2.45) is 4.99 Å². The second-order valence-corrected chi connectivity index (χ2v) is 6.82. The monoisotopic (exact) mass is 397 g/mol. The van der Waals surface area contributed by atoms with Gasteiger partial charge in [-0.1, -0.05) is 12.1 Å². The van der Waals surface area contributed by atoms with Gasteiger partial charge in [0.2, 0.25) is 0 Å². The number of benzene rings is 2. The lowest BCUT2D eigenvalue weighted by molar-refractivity contribution is -0.255. The average Bonchev–Trinajstić information content (AvgIpc) is 2.96. The van der Waals surface area contributed by atoms with Crippen LogP contribution in [0, 0.1) is 0 Å². The maximum Gasteiger partial charge on any atom is 0.266 e. The van der Waals surface area contributed by atoms with E-state index in [0.717, 1.165) is 0 Å². The van der Waals surface area contributed by atoms with Crippen molar-refractivity contribution in [1.29, 1.82) is 0 Å². The smallest absolute Gasteiger partial charge is 0.266 e. The molecule has 28 heavy (non-hydrogen) atoms. The van der Waals surface area contributed by atoms with Crippen LogP contribution < -0.4 is 14.6 Å². The van der Waals surface area contributed by atoms with E-state index in [9.17, 15) is 14.7 Å². The summed E-state index contributed by atoms with van der Waals surface area (Å²) in [4.78, 5) is 29.9. The van der Waals surface area contributed by atoms with E-state index in [1.54, 1.807) is 57.7 Å². The first-order valence-corrected chi connectivity index (χ1v) is 9.04. The fourth-order valence-corrected chi connectivity index (χ4v) is 3.54. The second-order valence-electron chi connectivity index (χ2n) is 5.81. The highest BCUT2D eigenvalue weighted by Crippen LogP contribution is 2.35. The molecule has 0 saturated carbocycles. The summed E-state index contributed by atoms with van der Waals surface area (Å²) in [6, 6.07) is 11.4. The summed E-state index contributed by atoms with van der Waals surface area (Å²) < 4.78 is 10.6. The molecule has 3 rings (SSSR count). The number of carbonyl (C=O) groups is 2. The lowest BCUT2D eigenvalue weighted by Crippen LogP contribution is -2.23. The third-order valence-electron chi connectivity index (χ3n) is 4.03. The maximum atomic E-state index is 12.6. The van der Waals surface area contributed by atoms with E-state index in [-0.39, 0.29) is 11.5 Å². The van der Waals surface area contributed by atoms with E-state index in [2.05, 4.69) is 4.99 Å². The molecule has 0 unspecified atom stereocenters. The van der Waals surface area contributed by atoms with Gasteiger partial charge in [0.05, 0.1) is 30.8 Å². The first-order valence-electron chi connectivity index (χ1n) is 8.22. The van der Waals surface area contributed by atoms with E-state index < -0.39 is 5.97 Å². The molecule has 2 aromatic carbocycles. The fraction of sp³-hybridized carbons (Fsp3) is 0.150. The summed E-state index contributed by atoms with van der Waals surface area (Å²) in [6.45, 7) is 0. The second kappa shape index (κ2) is 8.18. The van der Waals surface area contributed by atoms with Crippen LogP contribution >= 0.6 is 11.8 Å². The minimum absolute atomic E-state index is 0.0238. The van der Waals surface area contributed by atoms with Gasteiger partial charge in [0, 0.05) is 12.6 Å². The van der Waals surface area contributed by atoms with Crippen LogP contribution in [-0.4, -0.2) is 43.2 Å². The molecular weight excluding hydrogens is 380 g/mol. The molecule has 1 heterocycles. The molecule has 0 N–H and O–H groups in total. The summed E-state index contributed by atoms with van der Waals surface area (Å²) in [7, 11) is 4.73. The van der Waals surface area contributed by atoms with Crippen LogP contribution in [0.15, 0.2) is 52.4 Å². The topological polar surface area (TPSA) is 91.3 Å². The molecule has 1 saturated heterocycles. The number of thioether (sulfide) groups is 1. The summed E-state index contributed by atoms with van der Waals surface area (Å²) in [6.07, 6.45) is 1.71. The molecule has 1 aliphatic rings. The molecular formula is C20H17N2O5S-. The predicted octanol–water partition coefficient (Wildman–Crippen LogP) is 2.30. The number of amidine groups is 1. The normalized spacial score (nSPS) is 16.7. The number of hydrogen-bond donors (Lipinski definition) is 0.